The van der Waals surface area contributed by atoms with Crippen molar-refractivity contribution in [2.24, 2.45) is 0 Å². The third kappa shape index (κ3) is 15.7. The van der Waals surface area contributed by atoms with Crippen molar-refractivity contribution in [3.8, 4) is 0 Å². The molecule has 0 N–H and O–H groups in total. The SMILES string of the molecule is COC(=O)C=[C]=[Re][F].c1ccc(P(CCP(c2ccccc2)c2ccccc2)c2ccccc2)cc1.c1ccc(P(CCP(c2ccccc2)c2ccccc2)c2ccccc2)cc1. The van der Waals surface area contributed by atoms with E-state index in [0.717, 1.165) is 6.08 Å². The van der Waals surface area contributed by atoms with E-state index in [-0.39, 0.29) is 31.7 Å². The third-order valence-corrected chi connectivity index (χ3v) is 21.5. The molecule has 8 heteroatoms. The van der Waals surface area contributed by atoms with Crippen molar-refractivity contribution in [3.63, 3.8) is 0 Å². The smallest absolute Gasteiger partial charge is 0.0195 e. The Bertz CT molecular complexity index is 2060. The molecule has 8 aromatic carbocycles. The summed E-state index contributed by atoms with van der Waals surface area (Å²) in [5.41, 5.74) is 0. The monoisotopic (exact) mass is 1090 g/mol. The maximum atomic E-state index is 11.3. The van der Waals surface area contributed by atoms with Gasteiger partial charge in [0.2, 0.25) is 0 Å². The summed E-state index contributed by atoms with van der Waals surface area (Å²) in [6, 6.07) is 88.4. The van der Waals surface area contributed by atoms with Crippen molar-refractivity contribution >= 4 is 84.2 Å². The number of carbonyl (C=O) groups is 1. The number of benzene rings is 8. The predicted molar refractivity (Wildman–Crippen MR) is 278 cm³/mol. The number of carbonyl (C=O) groups excluding carboxylic acids is 1. The van der Waals surface area contributed by atoms with Crippen LogP contribution in [-0.4, -0.2) is 41.9 Å². The molecule has 8 rings (SSSR count). The van der Waals surface area contributed by atoms with Crippen molar-refractivity contribution in [1.29, 1.82) is 0 Å². The first kappa shape index (κ1) is 48.6. The van der Waals surface area contributed by atoms with Gasteiger partial charge in [-0.25, -0.2) is 0 Å². The van der Waals surface area contributed by atoms with E-state index in [1.165, 1.54) is 74.2 Å². The molecule has 0 aromatic heterocycles. The molecule has 0 bridgehead atoms. The molecule has 0 spiro atoms. The van der Waals surface area contributed by atoms with Gasteiger partial charge in [0.05, 0.1) is 0 Å². The summed E-state index contributed by atoms with van der Waals surface area (Å²) in [7, 11) is -0.154. The van der Waals surface area contributed by atoms with E-state index in [1.54, 1.807) is 0 Å². The van der Waals surface area contributed by atoms with Gasteiger partial charge >= 0.3 is 54.1 Å². The minimum Gasteiger partial charge on any atom is -0.0622 e. The predicted octanol–water partition coefficient (Wildman–Crippen LogP) is 10.6. The first-order chi connectivity index (χ1) is 31.6. The van der Waals surface area contributed by atoms with Gasteiger partial charge < -0.3 is 0 Å². The second kappa shape index (κ2) is 28.2. The van der Waals surface area contributed by atoms with Crippen molar-refractivity contribution in [2.75, 3.05) is 31.8 Å². The van der Waals surface area contributed by atoms with Gasteiger partial charge in [-0.2, -0.15) is 0 Å². The van der Waals surface area contributed by atoms with Crippen molar-refractivity contribution < 1.29 is 30.8 Å². The standard InChI is InChI=1S/2C26H24P2.C4H4O2.FH.Re/c2*1-5-13-23(14-6-1)27(24-15-7-2-8-16-24)21-22-28(25-17-9-3-10-18-25)26-19-11-4-12-20-26;1-3-4(5)6-2;;/h2*1-20H,21-22H2;3H,2H3;1H;/q;;;;+1/p-1. The molecule has 0 unspecified atom stereocenters. The number of hydrogen-bond acceptors (Lipinski definition) is 2. The summed E-state index contributed by atoms with van der Waals surface area (Å²) in [6.07, 6.45) is 5.81. The molecule has 0 fully saturated rings. The summed E-state index contributed by atoms with van der Waals surface area (Å²) in [5, 5.41) is 11.8. The largest absolute Gasteiger partial charge is 0.0622 e. The third-order valence-electron chi connectivity index (χ3n) is 10.1. The number of rotatable bonds is 15. The van der Waals surface area contributed by atoms with Crippen LogP contribution in [-0.2, 0) is 27.6 Å². The number of hydrogen-bond donors (Lipinski definition) is 0. The first-order valence-electron chi connectivity index (χ1n) is 21.1. The fourth-order valence-corrected chi connectivity index (χ4v) is 18.2. The molecule has 0 saturated heterocycles. The Hall–Kier alpha value is -4.81. The van der Waals surface area contributed by atoms with E-state index in [9.17, 15) is 8.02 Å². The molecular formula is C56H52FO2P4Re. The van der Waals surface area contributed by atoms with E-state index < -0.39 is 24.0 Å². The summed E-state index contributed by atoms with van der Waals surface area (Å²) in [4.78, 5) is 10.1. The average Bonchev–Trinajstić information content (AvgIpc) is 3.38. The molecule has 0 aliphatic heterocycles. The van der Waals surface area contributed by atoms with Crippen LogP contribution in [0.1, 0.15) is 0 Å². The molecule has 322 valence electrons. The molecule has 0 aliphatic rings. The van der Waals surface area contributed by atoms with Crippen LogP contribution in [0, 0.1) is 0 Å². The van der Waals surface area contributed by atoms with Crippen molar-refractivity contribution in [2.45, 2.75) is 0 Å². The van der Waals surface area contributed by atoms with Crippen LogP contribution in [0.2, 0.25) is 0 Å². The summed E-state index contributed by atoms with van der Waals surface area (Å²) < 4.78 is 17.6. The topological polar surface area (TPSA) is 26.3 Å². The molecular weight excluding hydrogens is 1030 g/mol. The van der Waals surface area contributed by atoms with Gasteiger partial charge in [0.15, 0.2) is 0 Å². The Morgan fingerprint density at radius 2 is 0.562 bits per heavy atom. The first-order valence-corrected chi connectivity index (χ1v) is 29.6. The molecule has 64 heavy (non-hydrogen) atoms. The molecule has 0 saturated carbocycles. The number of esters is 1. The zero-order valence-electron chi connectivity index (χ0n) is 35.9. The summed E-state index contributed by atoms with van der Waals surface area (Å²) in [6.45, 7) is 0. The van der Waals surface area contributed by atoms with E-state index in [4.69, 9.17) is 0 Å². The zero-order valence-corrected chi connectivity index (χ0v) is 42.2. The Morgan fingerprint density at radius 1 is 0.391 bits per heavy atom. The normalized spacial score (nSPS) is 10.6. The van der Waals surface area contributed by atoms with Crippen LogP contribution < -0.4 is 42.4 Å². The minimum absolute atomic E-state index is 0.348. The Morgan fingerprint density at radius 3 is 0.703 bits per heavy atom. The van der Waals surface area contributed by atoms with Crippen LogP contribution in [0.5, 0.6) is 0 Å². The van der Waals surface area contributed by atoms with Crippen LogP contribution in [0.3, 0.4) is 0 Å². The summed E-state index contributed by atoms with van der Waals surface area (Å²) in [5.74, 6) is -0.543. The molecule has 0 atom stereocenters. The van der Waals surface area contributed by atoms with Crippen LogP contribution in [0.15, 0.2) is 249 Å². The Balaban J connectivity index is 0.000000182. The van der Waals surface area contributed by atoms with Gasteiger partial charge in [0.1, 0.15) is 0 Å². The fraction of sp³-hybridized carbons (Fsp3) is 0.0893. The van der Waals surface area contributed by atoms with Gasteiger partial charge in [-0.1, -0.05) is 243 Å². The zero-order chi connectivity index (χ0) is 44.4. The van der Waals surface area contributed by atoms with Crippen LogP contribution in [0.4, 0.5) is 3.22 Å². The van der Waals surface area contributed by atoms with Gasteiger partial charge in [0, 0.05) is 0 Å². The molecule has 8 aromatic rings. The van der Waals surface area contributed by atoms with Crippen molar-refractivity contribution in [3.05, 3.63) is 249 Å². The quantitative estimate of drug-likeness (QED) is 0.0581. The van der Waals surface area contributed by atoms with Crippen LogP contribution >= 0.6 is 31.7 Å². The summed E-state index contributed by atoms with van der Waals surface area (Å²) >= 11 is -1.84. The molecule has 0 aliphatic carbocycles. The van der Waals surface area contributed by atoms with E-state index in [0.29, 0.717) is 0 Å². The maximum Gasteiger partial charge on any atom is -0.0195 e. The van der Waals surface area contributed by atoms with Gasteiger partial charge in [0.25, 0.3) is 0 Å². The number of halogens is 1. The molecule has 2 nitrogen and oxygen atoms in total. The van der Waals surface area contributed by atoms with Gasteiger partial charge in [-0.15, -0.1) is 0 Å². The molecule has 0 radical (unpaired) electrons. The second-order valence-corrected chi connectivity index (χ2v) is 24.8. The fourth-order valence-electron chi connectivity index (χ4n) is 7.02. The maximum absolute atomic E-state index is 11.3. The molecule has 0 amide bonds. The van der Waals surface area contributed by atoms with E-state index >= 15 is 0 Å². The Kier molecular flexibility index (Phi) is 21.4. The minimum atomic E-state index is -1.84. The molecule has 0 heterocycles. The number of methoxy groups -OCH3 is 1. The van der Waals surface area contributed by atoms with Crippen molar-refractivity contribution in [1.82, 2.24) is 0 Å². The van der Waals surface area contributed by atoms with E-state index in [2.05, 4.69) is 252 Å². The van der Waals surface area contributed by atoms with Gasteiger partial charge in [-0.3, -0.25) is 0 Å². The average molecular weight is 1090 g/mol. The Labute approximate surface area is 393 Å². The van der Waals surface area contributed by atoms with Gasteiger partial charge in [-0.05, 0) is 98.8 Å². The van der Waals surface area contributed by atoms with E-state index in [1.807, 2.05) is 0 Å². The number of ether oxygens (including phenoxy) is 1. The second-order valence-electron chi connectivity index (χ2n) is 14.1. The van der Waals surface area contributed by atoms with Crippen LogP contribution in [0.25, 0.3) is 0 Å².